The number of halogens is 2. The summed E-state index contributed by atoms with van der Waals surface area (Å²) in [5.74, 6) is 0.673. The van der Waals surface area contributed by atoms with E-state index in [0.29, 0.717) is 27.2 Å². The normalized spacial score (nSPS) is 12.0. The van der Waals surface area contributed by atoms with Gasteiger partial charge in [0.05, 0.1) is 27.6 Å². The van der Waals surface area contributed by atoms with Gasteiger partial charge in [-0.3, -0.25) is 0 Å². The van der Waals surface area contributed by atoms with Crippen LogP contribution in [0.1, 0.15) is 18.2 Å². The minimum atomic E-state index is 0.217. The Bertz CT molecular complexity index is 1140. The molecular weight excluding hydrogens is 411 g/mol. The molecule has 2 heterocycles. The van der Waals surface area contributed by atoms with Crippen molar-refractivity contribution < 1.29 is 4.74 Å². The molecule has 0 unspecified atom stereocenters. The number of allylic oxidation sites excluding steroid dienone is 1. The highest BCUT2D eigenvalue weighted by molar-refractivity contribution is 6.43. The average Bonchev–Trinajstić information content (AvgIpc) is 3.43. The molecule has 0 saturated carbocycles. The van der Waals surface area contributed by atoms with Crippen molar-refractivity contribution in [2.75, 3.05) is 0 Å². The van der Waals surface area contributed by atoms with E-state index in [-0.39, 0.29) is 6.61 Å². The molecule has 9 heteroatoms. The zero-order valence-corrected chi connectivity index (χ0v) is 16.9. The first kappa shape index (κ1) is 19.2. The monoisotopic (exact) mass is 426 g/mol. The summed E-state index contributed by atoms with van der Waals surface area (Å²) in [6, 6.07) is 15.1. The van der Waals surface area contributed by atoms with Crippen LogP contribution >= 0.6 is 23.2 Å². The van der Waals surface area contributed by atoms with Crippen molar-refractivity contribution in [2.45, 2.75) is 13.5 Å². The van der Waals surface area contributed by atoms with Gasteiger partial charge in [0.25, 0.3) is 0 Å². The van der Waals surface area contributed by atoms with Crippen LogP contribution in [0.25, 0.3) is 17.1 Å². The Morgan fingerprint density at radius 2 is 1.90 bits per heavy atom. The lowest BCUT2D eigenvalue weighted by Gasteiger charge is -2.13. The van der Waals surface area contributed by atoms with Gasteiger partial charge in [-0.05, 0) is 19.1 Å². The SMILES string of the molecule is C/C(=C(/OCc1cn(-c2cccc(Cl)c2Cl)nn1)c1ccccc1)n1cncn1. The maximum Gasteiger partial charge on any atom is 0.148 e. The molecule has 2 aromatic heterocycles. The Labute approximate surface area is 177 Å². The summed E-state index contributed by atoms with van der Waals surface area (Å²) in [7, 11) is 0. The number of benzene rings is 2. The third kappa shape index (κ3) is 4.16. The van der Waals surface area contributed by atoms with Gasteiger partial charge in [-0.25, -0.2) is 14.3 Å². The van der Waals surface area contributed by atoms with Gasteiger partial charge in [-0.15, -0.1) is 5.10 Å². The van der Waals surface area contributed by atoms with Crippen LogP contribution in [-0.4, -0.2) is 29.8 Å². The Hall–Kier alpha value is -3.16. The van der Waals surface area contributed by atoms with Crippen molar-refractivity contribution in [1.82, 2.24) is 29.8 Å². The van der Waals surface area contributed by atoms with Gasteiger partial charge < -0.3 is 4.74 Å². The minimum Gasteiger partial charge on any atom is -0.485 e. The molecule has 0 aliphatic rings. The number of hydrogen-bond donors (Lipinski definition) is 0. The minimum absolute atomic E-state index is 0.217. The lowest BCUT2D eigenvalue weighted by atomic mass is 10.1. The van der Waals surface area contributed by atoms with Crippen LogP contribution in [0.2, 0.25) is 10.0 Å². The summed E-state index contributed by atoms with van der Waals surface area (Å²) in [6.45, 7) is 2.13. The van der Waals surface area contributed by atoms with Crippen molar-refractivity contribution in [2.24, 2.45) is 0 Å². The van der Waals surface area contributed by atoms with Crippen molar-refractivity contribution >= 4 is 34.7 Å². The smallest absolute Gasteiger partial charge is 0.148 e. The topological polar surface area (TPSA) is 70.7 Å². The molecule has 0 amide bonds. The molecule has 0 atom stereocenters. The van der Waals surface area contributed by atoms with Crippen molar-refractivity contribution in [3.63, 3.8) is 0 Å². The Morgan fingerprint density at radius 3 is 2.66 bits per heavy atom. The third-order valence-corrected chi connectivity index (χ3v) is 5.02. The van der Waals surface area contributed by atoms with E-state index in [1.165, 1.54) is 6.33 Å². The predicted octanol–water partition coefficient (Wildman–Crippen LogP) is 4.73. The number of aromatic nitrogens is 6. The van der Waals surface area contributed by atoms with Crippen LogP contribution in [0.5, 0.6) is 0 Å². The maximum absolute atomic E-state index is 6.27. The van der Waals surface area contributed by atoms with E-state index in [9.17, 15) is 0 Å². The van der Waals surface area contributed by atoms with Crippen molar-refractivity contribution in [1.29, 1.82) is 0 Å². The van der Waals surface area contributed by atoms with Crippen LogP contribution in [0.15, 0.2) is 67.4 Å². The second-order valence-electron chi connectivity index (χ2n) is 6.14. The summed E-state index contributed by atoms with van der Waals surface area (Å²) >= 11 is 12.4. The number of nitrogens with zero attached hydrogens (tertiary/aromatic N) is 6. The van der Waals surface area contributed by atoms with Gasteiger partial charge in [0.2, 0.25) is 0 Å². The van der Waals surface area contributed by atoms with Crippen LogP contribution in [0, 0.1) is 0 Å². The second-order valence-corrected chi connectivity index (χ2v) is 6.92. The molecule has 0 aliphatic carbocycles. The number of hydrogen-bond acceptors (Lipinski definition) is 5. The van der Waals surface area contributed by atoms with E-state index >= 15 is 0 Å². The van der Waals surface area contributed by atoms with Gasteiger partial charge in [0.1, 0.15) is 30.7 Å². The largest absolute Gasteiger partial charge is 0.485 e. The second kappa shape index (κ2) is 8.46. The summed E-state index contributed by atoms with van der Waals surface area (Å²) in [5, 5.41) is 13.4. The van der Waals surface area contributed by atoms with Crippen LogP contribution in [0.3, 0.4) is 0 Å². The predicted molar refractivity (Wildman–Crippen MR) is 111 cm³/mol. The molecule has 0 saturated heterocycles. The summed E-state index contributed by atoms with van der Waals surface area (Å²) in [5.41, 5.74) is 3.01. The van der Waals surface area contributed by atoms with E-state index in [4.69, 9.17) is 27.9 Å². The van der Waals surface area contributed by atoms with E-state index < -0.39 is 0 Å². The maximum atomic E-state index is 6.27. The molecule has 146 valence electrons. The molecule has 29 heavy (non-hydrogen) atoms. The molecule has 4 rings (SSSR count). The fourth-order valence-corrected chi connectivity index (χ4v) is 3.15. The highest BCUT2D eigenvalue weighted by atomic mass is 35.5. The average molecular weight is 427 g/mol. The quantitative estimate of drug-likeness (QED) is 0.416. The van der Waals surface area contributed by atoms with Crippen LogP contribution < -0.4 is 0 Å². The van der Waals surface area contributed by atoms with Crippen LogP contribution in [0.4, 0.5) is 0 Å². The Balaban J connectivity index is 1.60. The molecule has 4 aromatic rings. The molecule has 0 radical (unpaired) electrons. The third-order valence-electron chi connectivity index (χ3n) is 4.21. The molecule has 7 nitrogen and oxygen atoms in total. The highest BCUT2D eigenvalue weighted by Gasteiger charge is 2.13. The molecule has 0 aliphatic heterocycles. The molecule has 0 N–H and O–H groups in total. The van der Waals surface area contributed by atoms with Crippen molar-refractivity contribution in [3.8, 4) is 5.69 Å². The van der Waals surface area contributed by atoms with E-state index in [1.54, 1.807) is 34.0 Å². The lowest BCUT2D eigenvalue weighted by molar-refractivity contribution is 0.259. The fourth-order valence-electron chi connectivity index (χ4n) is 2.77. The summed E-state index contributed by atoms with van der Waals surface area (Å²) in [6.07, 6.45) is 4.86. The summed E-state index contributed by atoms with van der Waals surface area (Å²) < 4.78 is 9.35. The van der Waals surface area contributed by atoms with Crippen molar-refractivity contribution in [3.05, 3.63) is 88.7 Å². The standard InChI is InChI=1S/C20H16Cl2N6O/c1-14(28-13-23-12-24-28)20(15-6-3-2-4-7-15)29-11-16-10-27(26-25-16)18-9-5-8-17(21)19(18)22/h2-10,12-13H,11H2,1H3/b20-14-. The zero-order valence-electron chi connectivity index (χ0n) is 15.4. The van der Waals surface area contributed by atoms with Gasteiger partial charge in [0, 0.05) is 5.56 Å². The Morgan fingerprint density at radius 1 is 1.07 bits per heavy atom. The fraction of sp³-hybridized carbons (Fsp3) is 0.100. The van der Waals surface area contributed by atoms with Crippen LogP contribution in [-0.2, 0) is 11.3 Å². The molecular formula is C20H16Cl2N6O. The van der Waals surface area contributed by atoms with Gasteiger partial charge in [-0.1, -0.05) is 64.8 Å². The first-order chi connectivity index (χ1) is 14.1. The first-order valence-corrected chi connectivity index (χ1v) is 9.49. The van der Waals surface area contributed by atoms with E-state index in [1.807, 2.05) is 43.3 Å². The Kier molecular flexibility index (Phi) is 5.59. The zero-order chi connectivity index (χ0) is 20.2. The molecule has 0 spiro atoms. The van der Waals surface area contributed by atoms with Gasteiger partial charge in [0.15, 0.2) is 0 Å². The van der Waals surface area contributed by atoms with E-state index in [2.05, 4.69) is 20.4 Å². The van der Waals surface area contributed by atoms with Gasteiger partial charge in [-0.2, -0.15) is 5.10 Å². The molecule has 2 aromatic carbocycles. The number of rotatable bonds is 6. The highest BCUT2D eigenvalue weighted by Crippen LogP contribution is 2.28. The van der Waals surface area contributed by atoms with Gasteiger partial charge >= 0.3 is 0 Å². The molecule has 0 bridgehead atoms. The molecule has 0 fully saturated rings. The number of ether oxygens (including phenoxy) is 1. The first-order valence-electron chi connectivity index (χ1n) is 8.73. The lowest BCUT2D eigenvalue weighted by Crippen LogP contribution is -2.02. The summed E-state index contributed by atoms with van der Waals surface area (Å²) in [4.78, 5) is 4.00. The van der Waals surface area contributed by atoms with E-state index in [0.717, 1.165) is 11.3 Å².